The van der Waals surface area contributed by atoms with Gasteiger partial charge in [-0.1, -0.05) is 58.0 Å². The molecule has 3 amide bonds. The van der Waals surface area contributed by atoms with Crippen molar-refractivity contribution in [2.45, 2.75) is 70.8 Å². The van der Waals surface area contributed by atoms with Crippen LogP contribution in [0.4, 0.5) is 4.79 Å². The first-order valence-electron chi connectivity index (χ1n) is 15.2. The second kappa shape index (κ2) is 14.8. The van der Waals surface area contributed by atoms with E-state index < -0.39 is 34.1 Å². The van der Waals surface area contributed by atoms with E-state index in [-0.39, 0.29) is 42.4 Å². The second-order valence-corrected chi connectivity index (χ2v) is 15.4. The molecule has 1 aliphatic rings. The van der Waals surface area contributed by atoms with Crippen LogP contribution in [0.25, 0.3) is 0 Å². The molecule has 0 spiro atoms. The Balaban J connectivity index is 1.56. The third-order valence-corrected chi connectivity index (χ3v) is 10.3. The number of amides is 3. The van der Waals surface area contributed by atoms with E-state index in [0.717, 1.165) is 16.3 Å². The zero-order valence-corrected chi connectivity index (χ0v) is 28.5. The largest absolute Gasteiger partial charge is 0.390 e. The van der Waals surface area contributed by atoms with E-state index >= 15 is 0 Å². The number of aliphatic hydroxyl groups excluding tert-OH is 1. The standard InChI is InChI=1S/C31H45N7O5S2/c1-21(2)15-37(45(42,43)28-18-35(6)20-32-28)17-27(39)26(14-24-10-8-7-9-11-24)34-30(40)29(22(3)4)38-13-12-36(31(38)41)16-25-19-44-23(5)33-25/h7-11,18-22,26-27,29,39H,12-17H2,1-6H3,(H,34,40)/t26-,27+,29?/m0/s1. The Morgan fingerprint density at radius 3 is 2.42 bits per heavy atom. The van der Waals surface area contributed by atoms with Crippen molar-refractivity contribution in [3.8, 4) is 0 Å². The number of rotatable bonds is 15. The van der Waals surface area contributed by atoms with Crippen LogP contribution in [-0.4, -0.2) is 98.5 Å². The van der Waals surface area contributed by atoms with Gasteiger partial charge in [-0.05, 0) is 30.7 Å². The van der Waals surface area contributed by atoms with E-state index in [4.69, 9.17) is 0 Å². The third kappa shape index (κ3) is 8.69. The SMILES string of the molecule is Cc1nc(CN2CCN(C(C(=O)N[C@@H](Cc3ccccc3)[C@H](O)CN(CC(C)C)S(=O)(=O)c3cn(C)cn3)C(C)C)C2=O)cs1. The molecule has 14 heteroatoms. The molecule has 4 rings (SSSR count). The lowest BCUT2D eigenvalue weighted by Gasteiger charge is -2.34. The first-order valence-corrected chi connectivity index (χ1v) is 17.5. The Morgan fingerprint density at radius 1 is 1.13 bits per heavy atom. The first kappa shape index (κ1) is 34.5. The molecule has 3 heterocycles. The number of thiazole rings is 1. The van der Waals surface area contributed by atoms with Crippen molar-refractivity contribution in [3.63, 3.8) is 0 Å². The van der Waals surface area contributed by atoms with Crippen LogP contribution in [0.3, 0.4) is 0 Å². The molecule has 1 aliphatic heterocycles. The lowest BCUT2D eigenvalue weighted by Crippen LogP contribution is -2.57. The highest BCUT2D eigenvalue weighted by Crippen LogP contribution is 2.23. The van der Waals surface area contributed by atoms with E-state index in [2.05, 4.69) is 15.3 Å². The number of hydrogen-bond acceptors (Lipinski definition) is 8. The lowest BCUT2D eigenvalue weighted by molar-refractivity contribution is -0.128. The van der Waals surface area contributed by atoms with Crippen LogP contribution in [-0.2, 0) is 34.8 Å². The van der Waals surface area contributed by atoms with Crippen molar-refractivity contribution in [1.82, 2.24) is 34.0 Å². The summed E-state index contributed by atoms with van der Waals surface area (Å²) in [5, 5.41) is 17.4. The predicted molar refractivity (Wildman–Crippen MR) is 173 cm³/mol. The summed E-state index contributed by atoms with van der Waals surface area (Å²) in [5.41, 5.74) is 1.68. The fourth-order valence-electron chi connectivity index (χ4n) is 5.57. The molecule has 0 radical (unpaired) electrons. The van der Waals surface area contributed by atoms with Gasteiger partial charge in [0.15, 0.2) is 5.03 Å². The molecule has 1 fully saturated rings. The Morgan fingerprint density at radius 2 is 1.84 bits per heavy atom. The highest BCUT2D eigenvalue weighted by molar-refractivity contribution is 7.89. The number of benzene rings is 1. The first-order chi connectivity index (χ1) is 21.3. The van der Waals surface area contributed by atoms with Crippen molar-refractivity contribution in [2.24, 2.45) is 18.9 Å². The van der Waals surface area contributed by atoms with Crippen LogP contribution in [0.5, 0.6) is 0 Å². The molecule has 0 bridgehead atoms. The Hall–Kier alpha value is -3.33. The third-order valence-electron chi connectivity index (χ3n) is 7.72. The van der Waals surface area contributed by atoms with Crippen molar-refractivity contribution in [1.29, 1.82) is 0 Å². The van der Waals surface area contributed by atoms with E-state index in [1.54, 1.807) is 21.4 Å². The van der Waals surface area contributed by atoms with Gasteiger partial charge in [-0.15, -0.1) is 11.3 Å². The molecule has 1 saturated heterocycles. The maximum atomic E-state index is 14.0. The van der Waals surface area contributed by atoms with Crippen LogP contribution in [0.2, 0.25) is 0 Å². The zero-order chi connectivity index (χ0) is 32.9. The van der Waals surface area contributed by atoms with Gasteiger partial charge in [-0.3, -0.25) is 4.79 Å². The highest BCUT2D eigenvalue weighted by atomic mass is 32.2. The van der Waals surface area contributed by atoms with Gasteiger partial charge in [-0.2, -0.15) is 4.31 Å². The predicted octanol–water partition coefficient (Wildman–Crippen LogP) is 2.88. The van der Waals surface area contributed by atoms with Crippen LogP contribution >= 0.6 is 11.3 Å². The molecule has 246 valence electrons. The van der Waals surface area contributed by atoms with Crippen molar-refractivity contribution in [3.05, 3.63) is 64.5 Å². The maximum absolute atomic E-state index is 14.0. The summed E-state index contributed by atoms with van der Waals surface area (Å²) >= 11 is 1.53. The van der Waals surface area contributed by atoms with Gasteiger partial charge < -0.3 is 24.8 Å². The Bertz CT molecular complexity index is 1540. The highest BCUT2D eigenvalue weighted by Gasteiger charge is 2.40. The fourth-order valence-corrected chi connectivity index (χ4v) is 7.77. The van der Waals surface area contributed by atoms with Crippen LogP contribution < -0.4 is 5.32 Å². The number of urea groups is 1. The second-order valence-electron chi connectivity index (χ2n) is 12.4. The van der Waals surface area contributed by atoms with E-state index in [9.17, 15) is 23.1 Å². The number of aryl methyl sites for hydroxylation is 2. The van der Waals surface area contributed by atoms with Gasteiger partial charge in [0, 0.05) is 44.8 Å². The molecule has 1 unspecified atom stereocenters. The molecule has 2 aromatic heterocycles. The summed E-state index contributed by atoms with van der Waals surface area (Å²) in [6, 6.07) is 7.55. The van der Waals surface area contributed by atoms with Gasteiger partial charge in [-0.25, -0.2) is 23.2 Å². The quantitative estimate of drug-likeness (QED) is 0.256. The average molecular weight is 660 g/mol. The molecular formula is C31H45N7O5S2. The number of nitrogens with zero attached hydrogens (tertiary/aromatic N) is 6. The summed E-state index contributed by atoms with van der Waals surface area (Å²) in [4.78, 5) is 39.3. The minimum atomic E-state index is -4.02. The number of carbonyl (C=O) groups excluding carboxylic acids is 2. The Labute approximate surface area is 270 Å². The molecule has 2 N–H and O–H groups in total. The summed E-state index contributed by atoms with van der Waals surface area (Å²) in [5.74, 6) is -0.639. The molecule has 0 aliphatic carbocycles. The fraction of sp³-hybridized carbons (Fsp3) is 0.548. The number of carbonyl (C=O) groups is 2. The van der Waals surface area contributed by atoms with Gasteiger partial charge in [0.25, 0.3) is 10.0 Å². The molecular weight excluding hydrogens is 615 g/mol. The molecule has 1 aromatic carbocycles. The number of imidazole rings is 1. The van der Waals surface area contributed by atoms with Gasteiger partial charge in [0.2, 0.25) is 5.91 Å². The summed E-state index contributed by atoms with van der Waals surface area (Å²) in [6.07, 6.45) is 1.86. The number of hydrogen-bond donors (Lipinski definition) is 2. The smallest absolute Gasteiger partial charge is 0.321 e. The molecule has 12 nitrogen and oxygen atoms in total. The van der Waals surface area contributed by atoms with E-state index in [0.29, 0.717) is 19.6 Å². The summed E-state index contributed by atoms with van der Waals surface area (Å²) < 4.78 is 30.0. The average Bonchev–Trinajstić information content (AvgIpc) is 3.69. The number of aromatic nitrogens is 3. The number of aliphatic hydroxyl groups is 1. The minimum absolute atomic E-state index is 0.0273. The van der Waals surface area contributed by atoms with Crippen molar-refractivity contribution >= 4 is 33.3 Å². The topological polar surface area (TPSA) is 141 Å². The van der Waals surface area contributed by atoms with Crippen LogP contribution in [0, 0.1) is 18.8 Å². The Kier molecular flexibility index (Phi) is 11.4. The molecule has 3 aromatic rings. The van der Waals surface area contributed by atoms with E-state index in [1.807, 2.05) is 70.3 Å². The van der Waals surface area contributed by atoms with Crippen LogP contribution in [0.15, 0.2) is 53.3 Å². The van der Waals surface area contributed by atoms with Gasteiger partial charge >= 0.3 is 6.03 Å². The van der Waals surface area contributed by atoms with Gasteiger partial charge in [0.05, 0.1) is 35.7 Å². The maximum Gasteiger partial charge on any atom is 0.321 e. The monoisotopic (exact) mass is 659 g/mol. The number of sulfonamides is 1. The minimum Gasteiger partial charge on any atom is -0.390 e. The number of nitrogens with one attached hydrogen (secondary N) is 1. The molecule has 3 atom stereocenters. The summed E-state index contributed by atoms with van der Waals surface area (Å²) in [7, 11) is -2.33. The van der Waals surface area contributed by atoms with E-state index in [1.165, 1.54) is 28.2 Å². The lowest BCUT2D eigenvalue weighted by atomic mass is 9.97. The normalized spacial score (nSPS) is 16.2. The van der Waals surface area contributed by atoms with Crippen molar-refractivity contribution in [2.75, 3.05) is 26.2 Å². The van der Waals surface area contributed by atoms with Crippen molar-refractivity contribution < 1.29 is 23.1 Å². The zero-order valence-electron chi connectivity index (χ0n) is 26.8. The summed E-state index contributed by atoms with van der Waals surface area (Å²) in [6.45, 7) is 10.6. The van der Waals surface area contributed by atoms with Gasteiger partial charge in [0.1, 0.15) is 6.04 Å². The van der Waals surface area contributed by atoms with Crippen LogP contribution in [0.1, 0.15) is 44.0 Å². The molecule has 0 saturated carbocycles. The molecule has 45 heavy (non-hydrogen) atoms.